The normalized spacial score (nSPS) is 12.3. The van der Waals surface area contributed by atoms with Gasteiger partial charge in [-0.05, 0) is 38.8 Å². The van der Waals surface area contributed by atoms with Gasteiger partial charge in [-0.1, -0.05) is 6.92 Å². The molecule has 8 heteroatoms. The van der Waals surface area contributed by atoms with Crippen LogP contribution in [-0.4, -0.2) is 37.1 Å². The number of pyridine rings is 1. The van der Waals surface area contributed by atoms with Gasteiger partial charge in [0, 0.05) is 31.2 Å². The van der Waals surface area contributed by atoms with Crippen LogP contribution in [0.15, 0.2) is 18.3 Å². The summed E-state index contributed by atoms with van der Waals surface area (Å²) in [6.07, 6.45) is 1.64. The van der Waals surface area contributed by atoms with Crippen LogP contribution in [0.1, 0.15) is 24.0 Å². The van der Waals surface area contributed by atoms with Crippen molar-refractivity contribution in [3.63, 3.8) is 0 Å². The van der Waals surface area contributed by atoms with Crippen LogP contribution in [0.25, 0.3) is 11.0 Å². The molecule has 26 heavy (non-hydrogen) atoms. The van der Waals surface area contributed by atoms with E-state index in [1.165, 1.54) is 0 Å². The predicted octanol–water partition coefficient (Wildman–Crippen LogP) is 2.55. The number of aryl methyl sites for hydroxylation is 4. The summed E-state index contributed by atoms with van der Waals surface area (Å²) >= 11 is 0. The summed E-state index contributed by atoms with van der Waals surface area (Å²) in [5.41, 5.74) is 4.47. The third-order valence-electron chi connectivity index (χ3n) is 4.32. The Hall–Kier alpha value is -2.90. The number of urea groups is 1. The number of fused-ring (bicyclic) bond motifs is 1. The second kappa shape index (κ2) is 7.15. The first kappa shape index (κ1) is 17.9. The fourth-order valence-corrected chi connectivity index (χ4v) is 3.04. The van der Waals surface area contributed by atoms with Gasteiger partial charge >= 0.3 is 6.03 Å². The van der Waals surface area contributed by atoms with Crippen LogP contribution < -0.4 is 10.6 Å². The first-order chi connectivity index (χ1) is 12.3. The molecule has 2 N–H and O–H groups in total. The van der Waals surface area contributed by atoms with Crippen LogP contribution in [0.3, 0.4) is 0 Å². The summed E-state index contributed by atoms with van der Waals surface area (Å²) in [5, 5.41) is 15.5. The van der Waals surface area contributed by atoms with Crippen molar-refractivity contribution in [3.05, 3.63) is 35.4 Å². The summed E-state index contributed by atoms with van der Waals surface area (Å²) in [5.74, 6) is 0.264. The number of hydrogen-bond donors (Lipinski definition) is 2. The minimum atomic E-state index is -0.243. The maximum atomic E-state index is 12.2. The Balaban J connectivity index is 1.55. The molecule has 3 aromatic heterocycles. The van der Waals surface area contributed by atoms with E-state index in [0.717, 1.165) is 34.7 Å². The molecule has 0 saturated carbocycles. The molecule has 0 radical (unpaired) electrons. The summed E-state index contributed by atoms with van der Waals surface area (Å²) in [6, 6.07) is 3.70. The Morgan fingerprint density at radius 3 is 2.69 bits per heavy atom. The third-order valence-corrected chi connectivity index (χ3v) is 4.32. The molecule has 138 valence electrons. The van der Waals surface area contributed by atoms with E-state index in [4.69, 9.17) is 0 Å². The van der Waals surface area contributed by atoms with Gasteiger partial charge in [0.15, 0.2) is 5.65 Å². The Labute approximate surface area is 152 Å². The monoisotopic (exact) mass is 355 g/mol. The molecular weight excluding hydrogens is 330 g/mol. The number of aromatic nitrogens is 5. The quantitative estimate of drug-likeness (QED) is 0.736. The molecule has 3 heterocycles. The molecule has 1 unspecified atom stereocenters. The van der Waals surface area contributed by atoms with Crippen LogP contribution in [0.2, 0.25) is 0 Å². The van der Waals surface area contributed by atoms with Gasteiger partial charge in [-0.2, -0.15) is 10.2 Å². The number of carbonyl (C=O) groups excluding carboxylic acids is 1. The molecule has 0 aliphatic rings. The molecule has 1 atom stereocenters. The maximum absolute atomic E-state index is 12.2. The standard InChI is InChI=1S/C18H25N7O/c1-11(10-25-13(3)6-12(2)22-25)8-20-18(26)21-15-7-16-14(4)23-24(5)17(16)19-9-15/h6-7,9,11H,8,10H2,1-5H3,(H2,20,21,26). The Bertz CT molecular complexity index is 941. The molecule has 3 aromatic rings. The lowest BCUT2D eigenvalue weighted by Gasteiger charge is -2.14. The van der Waals surface area contributed by atoms with Gasteiger partial charge in [-0.15, -0.1) is 0 Å². The highest BCUT2D eigenvalue weighted by Crippen LogP contribution is 2.19. The lowest BCUT2D eigenvalue weighted by molar-refractivity contribution is 0.249. The fraction of sp³-hybridized carbons (Fsp3) is 0.444. The van der Waals surface area contributed by atoms with E-state index >= 15 is 0 Å². The zero-order valence-electron chi connectivity index (χ0n) is 15.9. The van der Waals surface area contributed by atoms with Crippen molar-refractivity contribution in [3.8, 4) is 0 Å². The number of rotatable bonds is 5. The third kappa shape index (κ3) is 3.84. The average molecular weight is 355 g/mol. The van der Waals surface area contributed by atoms with Crippen molar-refractivity contribution < 1.29 is 4.79 Å². The van der Waals surface area contributed by atoms with Crippen LogP contribution in [0, 0.1) is 26.7 Å². The van der Waals surface area contributed by atoms with E-state index in [2.05, 4.69) is 38.8 Å². The number of carbonyl (C=O) groups is 1. The minimum Gasteiger partial charge on any atom is -0.338 e. The zero-order chi connectivity index (χ0) is 18.8. The molecule has 0 aliphatic heterocycles. The molecule has 0 aromatic carbocycles. The molecule has 2 amide bonds. The van der Waals surface area contributed by atoms with Gasteiger partial charge < -0.3 is 10.6 Å². The summed E-state index contributed by atoms with van der Waals surface area (Å²) < 4.78 is 3.71. The van der Waals surface area contributed by atoms with Crippen LogP contribution in [0.4, 0.5) is 10.5 Å². The number of anilines is 1. The fourth-order valence-electron chi connectivity index (χ4n) is 3.04. The van der Waals surface area contributed by atoms with Gasteiger partial charge in [0.2, 0.25) is 0 Å². The SMILES string of the molecule is Cc1cc(C)n(CC(C)CNC(=O)Nc2cnc3c(c2)c(C)nn3C)n1. The summed E-state index contributed by atoms with van der Waals surface area (Å²) in [4.78, 5) is 16.5. The zero-order valence-corrected chi connectivity index (χ0v) is 15.9. The second-order valence-electron chi connectivity index (χ2n) is 6.85. The Morgan fingerprint density at radius 2 is 2.00 bits per heavy atom. The highest BCUT2D eigenvalue weighted by atomic mass is 16.2. The molecule has 8 nitrogen and oxygen atoms in total. The van der Waals surface area contributed by atoms with E-state index < -0.39 is 0 Å². The van der Waals surface area contributed by atoms with Gasteiger partial charge in [-0.3, -0.25) is 9.36 Å². The van der Waals surface area contributed by atoms with Gasteiger partial charge in [0.25, 0.3) is 0 Å². The molecule has 3 rings (SSSR count). The number of hydrogen-bond acceptors (Lipinski definition) is 4. The largest absolute Gasteiger partial charge is 0.338 e. The van der Waals surface area contributed by atoms with E-state index in [1.807, 2.05) is 38.6 Å². The van der Waals surface area contributed by atoms with Crippen LogP contribution >= 0.6 is 0 Å². The lowest BCUT2D eigenvalue weighted by atomic mass is 10.2. The molecule has 0 fully saturated rings. The number of nitrogens with zero attached hydrogens (tertiary/aromatic N) is 5. The van der Waals surface area contributed by atoms with Crippen molar-refractivity contribution in [2.75, 3.05) is 11.9 Å². The molecular formula is C18H25N7O. The van der Waals surface area contributed by atoms with Crippen molar-refractivity contribution in [2.24, 2.45) is 13.0 Å². The molecule has 0 spiro atoms. The summed E-state index contributed by atoms with van der Waals surface area (Å²) in [6.45, 7) is 9.36. The topological polar surface area (TPSA) is 89.7 Å². The minimum absolute atomic E-state index is 0.243. The van der Waals surface area contributed by atoms with Gasteiger partial charge in [0.1, 0.15) is 0 Å². The Morgan fingerprint density at radius 1 is 1.23 bits per heavy atom. The van der Waals surface area contributed by atoms with Crippen molar-refractivity contribution in [1.82, 2.24) is 29.9 Å². The number of amides is 2. The summed E-state index contributed by atoms with van der Waals surface area (Å²) in [7, 11) is 1.85. The van der Waals surface area contributed by atoms with E-state index in [0.29, 0.717) is 12.2 Å². The first-order valence-corrected chi connectivity index (χ1v) is 8.68. The van der Waals surface area contributed by atoms with E-state index in [-0.39, 0.29) is 11.9 Å². The highest BCUT2D eigenvalue weighted by molar-refractivity contribution is 5.92. The lowest BCUT2D eigenvalue weighted by Crippen LogP contribution is -2.33. The van der Waals surface area contributed by atoms with Crippen LogP contribution in [0.5, 0.6) is 0 Å². The van der Waals surface area contributed by atoms with E-state index in [1.54, 1.807) is 10.9 Å². The van der Waals surface area contributed by atoms with Gasteiger partial charge in [-0.25, -0.2) is 9.78 Å². The molecule has 0 saturated heterocycles. The second-order valence-corrected chi connectivity index (χ2v) is 6.85. The van der Waals surface area contributed by atoms with Crippen LogP contribution in [-0.2, 0) is 13.6 Å². The molecule has 0 aliphatic carbocycles. The maximum Gasteiger partial charge on any atom is 0.319 e. The van der Waals surface area contributed by atoms with Crippen molar-refractivity contribution in [2.45, 2.75) is 34.2 Å². The molecule has 0 bridgehead atoms. The van der Waals surface area contributed by atoms with E-state index in [9.17, 15) is 4.79 Å². The average Bonchev–Trinajstić information content (AvgIpc) is 3.04. The van der Waals surface area contributed by atoms with Crippen molar-refractivity contribution in [1.29, 1.82) is 0 Å². The smallest absolute Gasteiger partial charge is 0.319 e. The Kier molecular flexibility index (Phi) is 4.92. The highest BCUT2D eigenvalue weighted by Gasteiger charge is 2.11. The first-order valence-electron chi connectivity index (χ1n) is 8.68. The predicted molar refractivity (Wildman–Crippen MR) is 101 cm³/mol. The number of nitrogens with one attached hydrogen (secondary N) is 2. The van der Waals surface area contributed by atoms with Crippen molar-refractivity contribution >= 4 is 22.8 Å². The van der Waals surface area contributed by atoms with Gasteiger partial charge in [0.05, 0.1) is 23.3 Å².